The van der Waals surface area contributed by atoms with E-state index in [2.05, 4.69) is 15.2 Å². The summed E-state index contributed by atoms with van der Waals surface area (Å²) in [5.41, 5.74) is -3.23. The summed E-state index contributed by atoms with van der Waals surface area (Å²) in [7, 11) is 1.50. The van der Waals surface area contributed by atoms with Gasteiger partial charge in [0.05, 0.1) is 25.1 Å². The lowest BCUT2D eigenvalue weighted by Crippen LogP contribution is -2.52. The second kappa shape index (κ2) is 9.47. The average molecular weight is 483 g/mol. The van der Waals surface area contributed by atoms with Crippen molar-refractivity contribution < 1.29 is 36.8 Å². The number of aliphatic hydroxyl groups is 1. The zero-order valence-corrected chi connectivity index (χ0v) is 18.3. The van der Waals surface area contributed by atoms with E-state index in [9.17, 15) is 32.2 Å². The highest BCUT2D eigenvalue weighted by atomic mass is 19.4. The van der Waals surface area contributed by atoms with E-state index in [1.807, 2.05) is 0 Å². The number of likely N-dealkylation sites (N-methyl/N-ethyl adjacent to an activating group) is 1. The van der Waals surface area contributed by atoms with Crippen molar-refractivity contribution >= 4 is 5.90 Å². The molecule has 2 atom stereocenters. The predicted molar refractivity (Wildman–Crippen MR) is 110 cm³/mol. The lowest BCUT2D eigenvalue weighted by molar-refractivity contribution is -0.922. The number of nitrogens with zero attached hydrogens (tertiary/aromatic N) is 5. The molecule has 0 bridgehead atoms. The van der Waals surface area contributed by atoms with Crippen molar-refractivity contribution in [2.24, 2.45) is 5.10 Å². The number of benzene rings is 2. The minimum Gasteiger partial charge on any atom is -0.855 e. The Balaban J connectivity index is 1.98. The highest BCUT2D eigenvalue weighted by Gasteiger charge is 2.42. The van der Waals surface area contributed by atoms with E-state index >= 15 is 0 Å². The molecule has 0 spiro atoms. The Hall–Kier alpha value is -3.38. The van der Waals surface area contributed by atoms with Crippen molar-refractivity contribution in [2.45, 2.75) is 25.2 Å². The molecule has 7 nitrogen and oxygen atoms in total. The zero-order chi connectivity index (χ0) is 25.1. The highest BCUT2D eigenvalue weighted by Crippen LogP contribution is 2.31. The molecule has 34 heavy (non-hydrogen) atoms. The summed E-state index contributed by atoms with van der Waals surface area (Å²) < 4.78 is 67.4. The number of hydrogen-bond acceptors (Lipinski definition) is 5. The molecule has 1 heterocycles. The van der Waals surface area contributed by atoms with Gasteiger partial charge in [-0.15, -0.1) is 0 Å². The van der Waals surface area contributed by atoms with Crippen LogP contribution in [0.3, 0.4) is 0 Å². The van der Waals surface area contributed by atoms with Crippen LogP contribution in [-0.4, -0.2) is 50.5 Å². The minimum absolute atomic E-state index is 0.0846. The number of hydrogen-bond donors (Lipinski definition) is 1. The van der Waals surface area contributed by atoms with Gasteiger partial charge >= 0.3 is 6.18 Å². The SMILES string of the molecule is CC[N@@+](C)(C[C@@](O)(Cn1cncn1)c1ccc(F)cc1F)/N=C(\[O-])c1ccc(C(F)(F)F)cc1. The van der Waals surface area contributed by atoms with Gasteiger partial charge in [-0.3, -0.25) is 0 Å². The van der Waals surface area contributed by atoms with E-state index in [4.69, 9.17) is 0 Å². The van der Waals surface area contributed by atoms with Crippen LogP contribution in [0.25, 0.3) is 0 Å². The van der Waals surface area contributed by atoms with E-state index in [0.717, 1.165) is 36.4 Å². The third kappa shape index (κ3) is 5.75. The zero-order valence-electron chi connectivity index (χ0n) is 18.3. The number of aromatic nitrogens is 3. The van der Waals surface area contributed by atoms with Crippen molar-refractivity contribution in [3.8, 4) is 0 Å². The molecule has 0 saturated heterocycles. The quantitative estimate of drug-likeness (QED) is 0.176. The lowest BCUT2D eigenvalue weighted by atomic mass is 9.92. The van der Waals surface area contributed by atoms with Gasteiger partial charge in [0.25, 0.3) is 0 Å². The molecule has 0 unspecified atom stereocenters. The Morgan fingerprint density at radius 2 is 1.82 bits per heavy atom. The fourth-order valence-electron chi connectivity index (χ4n) is 3.53. The van der Waals surface area contributed by atoms with Crippen LogP contribution in [-0.2, 0) is 18.3 Å². The van der Waals surface area contributed by atoms with E-state index in [0.29, 0.717) is 6.07 Å². The van der Waals surface area contributed by atoms with Gasteiger partial charge in [-0.25, -0.2) is 18.4 Å². The molecule has 0 fully saturated rings. The van der Waals surface area contributed by atoms with Crippen molar-refractivity contribution in [1.29, 1.82) is 0 Å². The highest BCUT2D eigenvalue weighted by molar-refractivity contribution is 5.90. The van der Waals surface area contributed by atoms with Crippen LogP contribution in [0.4, 0.5) is 22.0 Å². The number of halogens is 5. The number of quaternary nitrogens is 1. The molecule has 1 aromatic heterocycles. The van der Waals surface area contributed by atoms with Crippen molar-refractivity contribution in [2.75, 3.05) is 20.1 Å². The largest absolute Gasteiger partial charge is 0.855 e. The van der Waals surface area contributed by atoms with Gasteiger partial charge in [0.15, 0.2) is 5.60 Å². The van der Waals surface area contributed by atoms with Gasteiger partial charge in [0.1, 0.15) is 37.4 Å². The van der Waals surface area contributed by atoms with Crippen LogP contribution in [0.2, 0.25) is 0 Å². The van der Waals surface area contributed by atoms with Crippen LogP contribution in [0, 0.1) is 11.6 Å². The molecule has 0 aliphatic rings. The summed E-state index contributed by atoms with van der Waals surface area (Å²) in [6.07, 6.45) is -2.04. The Bertz CT molecular complexity index is 1150. The Morgan fingerprint density at radius 3 is 2.35 bits per heavy atom. The molecule has 3 rings (SSSR count). The third-order valence-corrected chi connectivity index (χ3v) is 5.40. The monoisotopic (exact) mass is 483 g/mol. The van der Waals surface area contributed by atoms with Crippen molar-refractivity contribution in [3.63, 3.8) is 0 Å². The second-order valence-electron chi connectivity index (χ2n) is 8.04. The lowest BCUT2D eigenvalue weighted by Gasteiger charge is -2.37. The molecule has 2 aromatic carbocycles. The number of alkyl halides is 3. The van der Waals surface area contributed by atoms with Crippen molar-refractivity contribution in [1.82, 2.24) is 14.8 Å². The first-order chi connectivity index (χ1) is 15.8. The maximum Gasteiger partial charge on any atom is 0.416 e. The molecule has 0 aliphatic heterocycles. The first-order valence-corrected chi connectivity index (χ1v) is 10.1. The fourth-order valence-corrected chi connectivity index (χ4v) is 3.53. The van der Waals surface area contributed by atoms with Crippen LogP contribution in [0.5, 0.6) is 0 Å². The van der Waals surface area contributed by atoms with Gasteiger partial charge < -0.3 is 10.2 Å². The summed E-state index contributed by atoms with van der Waals surface area (Å²) in [4.78, 5) is 3.79. The molecule has 182 valence electrons. The van der Waals surface area contributed by atoms with Crippen molar-refractivity contribution in [3.05, 3.63) is 83.4 Å². The first-order valence-electron chi connectivity index (χ1n) is 10.1. The van der Waals surface area contributed by atoms with Crippen LogP contribution in [0.15, 0.2) is 60.2 Å². The summed E-state index contributed by atoms with van der Waals surface area (Å²) in [5, 5.41) is 32.3. The summed E-state index contributed by atoms with van der Waals surface area (Å²) in [5.74, 6) is -2.65. The van der Waals surface area contributed by atoms with Gasteiger partial charge in [-0.2, -0.15) is 22.9 Å². The smallest absolute Gasteiger partial charge is 0.416 e. The maximum absolute atomic E-state index is 14.7. The van der Waals surface area contributed by atoms with Gasteiger partial charge in [-0.05, 0) is 36.8 Å². The van der Waals surface area contributed by atoms with Gasteiger partial charge in [0.2, 0.25) is 0 Å². The molecule has 12 heteroatoms. The molecule has 0 amide bonds. The molecular weight excluding hydrogens is 461 g/mol. The van der Waals surface area contributed by atoms with Gasteiger partial charge in [0, 0.05) is 11.6 Å². The standard InChI is InChI=1S/C22H22F5N5O2/c1-3-32(2,30-20(33)15-4-6-16(7-5-15)22(25,26)27)12-21(34,11-31-14-28-13-29-31)18-9-8-17(23)10-19(18)24/h4-10,13-14,34H,3,11-12H2,1-2H3/t21-,32-/m0/s1. The predicted octanol–water partition coefficient (Wildman–Crippen LogP) is 2.65. The fraction of sp³-hybridized carbons (Fsp3) is 0.318. The normalized spacial score (nSPS) is 16.2. The van der Waals surface area contributed by atoms with E-state index in [1.54, 1.807) is 6.92 Å². The molecule has 3 aromatic rings. The van der Waals surface area contributed by atoms with Gasteiger partial charge in [-0.1, -0.05) is 17.2 Å². The number of rotatable bonds is 8. The Morgan fingerprint density at radius 1 is 1.15 bits per heavy atom. The molecular formula is C22H22F5N5O2. The topological polar surface area (TPSA) is 86.4 Å². The average Bonchev–Trinajstić information content (AvgIpc) is 3.25. The van der Waals surface area contributed by atoms with Crippen LogP contribution < -0.4 is 5.11 Å². The van der Waals surface area contributed by atoms with Crippen LogP contribution >= 0.6 is 0 Å². The van der Waals surface area contributed by atoms with E-state index in [1.165, 1.54) is 24.4 Å². The Kier molecular flexibility index (Phi) is 7.03. The van der Waals surface area contributed by atoms with E-state index in [-0.39, 0.29) is 30.8 Å². The second-order valence-corrected chi connectivity index (χ2v) is 8.04. The summed E-state index contributed by atoms with van der Waals surface area (Å²) in [6, 6.07) is 6.28. The Labute approximate surface area is 192 Å². The summed E-state index contributed by atoms with van der Waals surface area (Å²) in [6.45, 7) is 1.21. The first kappa shape index (κ1) is 25.2. The third-order valence-electron chi connectivity index (χ3n) is 5.40. The molecule has 0 aliphatic carbocycles. The molecule has 1 N–H and O–H groups in total. The molecule has 0 radical (unpaired) electrons. The maximum atomic E-state index is 14.7. The molecule has 0 saturated carbocycles. The van der Waals surface area contributed by atoms with Crippen LogP contribution in [0.1, 0.15) is 23.6 Å². The van der Waals surface area contributed by atoms with E-state index < -0.39 is 39.5 Å². The minimum atomic E-state index is -4.55. The summed E-state index contributed by atoms with van der Waals surface area (Å²) >= 11 is 0.